The van der Waals surface area contributed by atoms with Crippen molar-refractivity contribution in [3.63, 3.8) is 0 Å². The molecule has 4 aromatic rings. The number of nitrogens with one attached hydrogen (secondary N) is 1. The van der Waals surface area contributed by atoms with Gasteiger partial charge in [-0.2, -0.15) is 31.4 Å². The Hall–Kier alpha value is -4.14. The number of rotatable bonds is 4. The fraction of sp³-hybridized carbons (Fsp3) is 0.174. The summed E-state index contributed by atoms with van der Waals surface area (Å²) in [7, 11) is -3.59. The average Bonchev–Trinajstić information content (AvgIpc) is 3.18. The molecular formula is C23H16F6N4O4S. The SMILES string of the molecule is Cc1cc(-c2cc(C(F)(F)F)n3ncc(OC(=O)Nc4cccc(S(C)(=O)=O)c4)c3n2)ccc1C(F)(F)F. The molecule has 0 unspecified atom stereocenters. The van der Waals surface area contributed by atoms with Crippen LogP contribution in [0.25, 0.3) is 16.9 Å². The number of anilines is 1. The molecule has 0 aliphatic heterocycles. The third kappa shape index (κ3) is 5.56. The lowest BCUT2D eigenvalue weighted by atomic mass is 10.0. The van der Waals surface area contributed by atoms with Crippen molar-refractivity contribution in [1.29, 1.82) is 0 Å². The Morgan fingerprint density at radius 3 is 2.32 bits per heavy atom. The molecule has 0 aliphatic carbocycles. The lowest BCUT2D eigenvalue weighted by Crippen LogP contribution is -2.17. The predicted molar refractivity (Wildman–Crippen MR) is 122 cm³/mol. The van der Waals surface area contributed by atoms with Crippen LogP contribution in [0.3, 0.4) is 0 Å². The van der Waals surface area contributed by atoms with Gasteiger partial charge in [0.2, 0.25) is 0 Å². The largest absolute Gasteiger partial charge is 0.433 e. The van der Waals surface area contributed by atoms with E-state index in [2.05, 4.69) is 15.4 Å². The predicted octanol–water partition coefficient (Wildman–Crippen LogP) is 5.76. The summed E-state index contributed by atoms with van der Waals surface area (Å²) < 4.78 is 110. The van der Waals surface area contributed by atoms with Gasteiger partial charge < -0.3 is 4.74 Å². The molecule has 0 fully saturated rings. The van der Waals surface area contributed by atoms with Crippen molar-refractivity contribution in [2.75, 3.05) is 11.6 Å². The van der Waals surface area contributed by atoms with E-state index in [1.54, 1.807) is 0 Å². The van der Waals surface area contributed by atoms with Crippen LogP contribution in [0.15, 0.2) is 59.6 Å². The van der Waals surface area contributed by atoms with Crippen LogP contribution in [-0.4, -0.2) is 35.4 Å². The number of alkyl halides is 6. The molecule has 1 N–H and O–H groups in total. The third-order valence-corrected chi connectivity index (χ3v) is 6.38. The van der Waals surface area contributed by atoms with Gasteiger partial charge in [0, 0.05) is 17.5 Å². The van der Waals surface area contributed by atoms with E-state index in [4.69, 9.17) is 4.74 Å². The number of amides is 1. The number of ether oxygens (including phenoxy) is 1. The quantitative estimate of drug-likeness (QED) is 0.320. The van der Waals surface area contributed by atoms with Crippen molar-refractivity contribution >= 4 is 27.3 Å². The van der Waals surface area contributed by atoms with E-state index in [1.165, 1.54) is 18.2 Å². The van der Waals surface area contributed by atoms with Crippen molar-refractivity contribution < 1.29 is 44.3 Å². The number of sulfone groups is 1. The number of hydrogen-bond acceptors (Lipinski definition) is 6. The molecule has 0 bridgehead atoms. The second-order valence-electron chi connectivity index (χ2n) is 8.11. The first-order valence-electron chi connectivity index (χ1n) is 10.5. The standard InChI is InChI=1S/C23H16F6N4O4S/c1-12-8-13(6-7-16(12)22(24,25)26)17-10-19(23(27,28)29)33-20(32-17)18(11-30-33)37-21(34)31-14-4-3-5-15(9-14)38(2,35)36/h3-11H,1-2H3,(H,31,34). The third-order valence-electron chi connectivity index (χ3n) is 5.27. The molecule has 200 valence electrons. The maximum atomic E-state index is 13.8. The van der Waals surface area contributed by atoms with Crippen molar-refractivity contribution in [3.05, 3.63) is 71.5 Å². The first kappa shape index (κ1) is 26.9. The van der Waals surface area contributed by atoms with E-state index in [-0.39, 0.29) is 27.4 Å². The zero-order valence-electron chi connectivity index (χ0n) is 19.3. The fourth-order valence-electron chi connectivity index (χ4n) is 3.55. The van der Waals surface area contributed by atoms with Gasteiger partial charge in [0.05, 0.1) is 22.3 Å². The van der Waals surface area contributed by atoms with Crippen LogP contribution >= 0.6 is 0 Å². The van der Waals surface area contributed by atoms with Gasteiger partial charge in [-0.25, -0.2) is 22.7 Å². The van der Waals surface area contributed by atoms with Gasteiger partial charge in [0.25, 0.3) is 0 Å². The van der Waals surface area contributed by atoms with Gasteiger partial charge >= 0.3 is 18.4 Å². The minimum atomic E-state index is -4.95. The van der Waals surface area contributed by atoms with Crippen LogP contribution in [0.2, 0.25) is 0 Å². The number of halogens is 6. The first-order valence-corrected chi connectivity index (χ1v) is 12.4. The van der Waals surface area contributed by atoms with Crippen LogP contribution in [0.4, 0.5) is 36.8 Å². The van der Waals surface area contributed by atoms with E-state index >= 15 is 0 Å². The van der Waals surface area contributed by atoms with Gasteiger partial charge in [-0.05, 0) is 48.9 Å². The second-order valence-corrected chi connectivity index (χ2v) is 10.1. The van der Waals surface area contributed by atoms with Gasteiger partial charge in [-0.3, -0.25) is 5.32 Å². The van der Waals surface area contributed by atoms with Gasteiger partial charge in [0.15, 0.2) is 26.9 Å². The lowest BCUT2D eigenvalue weighted by molar-refractivity contribution is -0.142. The van der Waals surface area contributed by atoms with Crippen molar-refractivity contribution in [2.45, 2.75) is 24.2 Å². The summed E-state index contributed by atoms with van der Waals surface area (Å²) in [6.45, 7) is 1.16. The van der Waals surface area contributed by atoms with E-state index < -0.39 is 50.9 Å². The van der Waals surface area contributed by atoms with Crippen LogP contribution in [0.5, 0.6) is 5.75 Å². The summed E-state index contributed by atoms with van der Waals surface area (Å²) in [6.07, 6.45) is -9.02. The summed E-state index contributed by atoms with van der Waals surface area (Å²) in [4.78, 5) is 16.4. The Labute approximate surface area is 210 Å². The first-order chi connectivity index (χ1) is 17.5. The highest BCUT2D eigenvalue weighted by Crippen LogP contribution is 2.37. The van der Waals surface area contributed by atoms with Crippen molar-refractivity contribution in [1.82, 2.24) is 14.6 Å². The minimum absolute atomic E-state index is 0.0271. The number of fused-ring (bicyclic) bond motifs is 1. The molecule has 4 rings (SSSR count). The summed E-state index contributed by atoms with van der Waals surface area (Å²) >= 11 is 0. The van der Waals surface area contributed by atoms with Crippen molar-refractivity contribution in [2.24, 2.45) is 0 Å². The number of aromatic nitrogens is 3. The highest BCUT2D eigenvalue weighted by Gasteiger charge is 2.36. The van der Waals surface area contributed by atoms with E-state index in [0.717, 1.165) is 43.6 Å². The number of aryl methyl sites for hydroxylation is 1. The van der Waals surface area contributed by atoms with E-state index in [1.807, 2.05) is 0 Å². The molecule has 2 aromatic carbocycles. The topological polar surface area (TPSA) is 103 Å². The normalized spacial score (nSPS) is 12.5. The highest BCUT2D eigenvalue weighted by molar-refractivity contribution is 7.90. The summed E-state index contributed by atoms with van der Waals surface area (Å²) in [5.74, 6) is -0.488. The number of hydrogen-bond donors (Lipinski definition) is 1. The Morgan fingerprint density at radius 2 is 1.71 bits per heavy atom. The summed E-state index contributed by atoms with van der Waals surface area (Å²) in [5.41, 5.74) is -3.39. The van der Waals surface area contributed by atoms with Crippen molar-refractivity contribution in [3.8, 4) is 17.0 Å². The number of carbonyl (C=O) groups is 1. The van der Waals surface area contributed by atoms with Gasteiger partial charge in [-0.1, -0.05) is 12.1 Å². The maximum absolute atomic E-state index is 13.8. The smallest absolute Gasteiger partial charge is 0.404 e. The van der Waals surface area contributed by atoms with E-state index in [0.29, 0.717) is 10.6 Å². The Morgan fingerprint density at radius 1 is 1.00 bits per heavy atom. The molecule has 0 saturated carbocycles. The average molecular weight is 558 g/mol. The highest BCUT2D eigenvalue weighted by atomic mass is 32.2. The van der Waals surface area contributed by atoms with Crippen LogP contribution in [0, 0.1) is 6.92 Å². The van der Waals surface area contributed by atoms with Gasteiger partial charge in [-0.15, -0.1) is 0 Å². The number of carbonyl (C=O) groups excluding carboxylic acids is 1. The molecule has 0 spiro atoms. The monoisotopic (exact) mass is 558 g/mol. The van der Waals surface area contributed by atoms with Crippen LogP contribution in [0.1, 0.15) is 16.8 Å². The fourth-order valence-corrected chi connectivity index (χ4v) is 4.22. The molecule has 0 saturated heterocycles. The summed E-state index contributed by atoms with van der Waals surface area (Å²) in [6, 6.07) is 8.53. The number of nitrogens with zero attached hydrogens (tertiary/aromatic N) is 3. The number of benzene rings is 2. The maximum Gasteiger partial charge on any atom is 0.433 e. The Kier molecular flexibility index (Phi) is 6.59. The van der Waals surface area contributed by atoms with Crippen LogP contribution < -0.4 is 10.1 Å². The Balaban J connectivity index is 1.73. The molecule has 2 heterocycles. The second kappa shape index (κ2) is 9.31. The minimum Gasteiger partial charge on any atom is -0.404 e. The molecule has 1 amide bonds. The molecule has 2 aromatic heterocycles. The Bertz CT molecular complexity index is 1660. The molecule has 0 atom stereocenters. The van der Waals surface area contributed by atoms with Gasteiger partial charge in [0.1, 0.15) is 0 Å². The lowest BCUT2D eigenvalue weighted by Gasteiger charge is -2.14. The molecule has 0 aliphatic rings. The van der Waals surface area contributed by atoms with E-state index in [9.17, 15) is 39.6 Å². The molecule has 8 nitrogen and oxygen atoms in total. The molecular weight excluding hydrogens is 542 g/mol. The zero-order valence-corrected chi connectivity index (χ0v) is 20.2. The molecule has 0 radical (unpaired) electrons. The van der Waals surface area contributed by atoms with Crippen LogP contribution in [-0.2, 0) is 22.2 Å². The summed E-state index contributed by atoms with van der Waals surface area (Å²) in [5, 5.41) is 5.85. The molecule has 38 heavy (non-hydrogen) atoms. The molecule has 15 heteroatoms. The zero-order chi connectivity index (χ0) is 28.0.